The first-order valence-electron chi connectivity index (χ1n) is 6.93. The minimum Gasteiger partial charge on any atom is -0.481 e. The van der Waals surface area contributed by atoms with Crippen molar-refractivity contribution >= 4 is 17.7 Å². The minimum atomic E-state index is -0.953. The Morgan fingerprint density at radius 3 is 2.62 bits per heavy atom. The Bertz CT molecular complexity index is 505. The third kappa shape index (κ3) is 5.07. The van der Waals surface area contributed by atoms with E-state index < -0.39 is 17.4 Å². The first-order chi connectivity index (χ1) is 9.91. The molecular formula is C15H23N3O3. The van der Waals surface area contributed by atoms with Crippen molar-refractivity contribution in [2.45, 2.75) is 26.8 Å². The molecule has 0 radical (unpaired) electrons. The van der Waals surface area contributed by atoms with Crippen LogP contribution in [0.4, 0.5) is 10.5 Å². The van der Waals surface area contributed by atoms with Gasteiger partial charge < -0.3 is 21.1 Å². The summed E-state index contributed by atoms with van der Waals surface area (Å²) < 4.78 is 0. The normalized spacial score (nSPS) is 13.3. The first kappa shape index (κ1) is 17.0. The molecule has 116 valence electrons. The molecule has 0 heterocycles. The van der Waals surface area contributed by atoms with Gasteiger partial charge in [0.25, 0.3) is 0 Å². The zero-order chi connectivity index (χ0) is 15.9. The molecule has 0 aliphatic rings. The molecule has 21 heavy (non-hydrogen) atoms. The van der Waals surface area contributed by atoms with E-state index in [-0.39, 0.29) is 6.54 Å². The van der Waals surface area contributed by atoms with E-state index in [0.717, 1.165) is 5.56 Å². The molecule has 1 rings (SSSR count). The summed E-state index contributed by atoms with van der Waals surface area (Å²) in [6, 6.07) is 7.06. The van der Waals surface area contributed by atoms with E-state index in [1.807, 2.05) is 25.2 Å². The number of carboxylic acids is 1. The van der Waals surface area contributed by atoms with Crippen molar-refractivity contribution in [1.29, 1.82) is 0 Å². The monoisotopic (exact) mass is 293 g/mol. The van der Waals surface area contributed by atoms with Crippen LogP contribution in [0.3, 0.4) is 0 Å². The van der Waals surface area contributed by atoms with Gasteiger partial charge in [-0.3, -0.25) is 4.79 Å². The SMILES string of the molecule is CCC(C)(CNC(=O)Nc1cccc(CNC)c1)C(=O)O. The minimum absolute atomic E-state index is 0.0842. The molecule has 1 aromatic carbocycles. The van der Waals surface area contributed by atoms with Crippen LogP contribution in [0.1, 0.15) is 25.8 Å². The van der Waals surface area contributed by atoms with Crippen LogP contribution in [0.2, 0.25) is 0 Å². The van der Waals surface area contributed by atoms with Crippen molar-refractivity contribution in [1.82, 2.24) is 10.6 Å². The van der Waals surface area contributed by atoms with Crippen molar-refractivity contribution in [3.63, 3.8) is 0 Å². The number of rotatable bonds is 7. The number of carboxylic acid groups (broad SMARTS) is 1. The number of benzene rings is 1. The molecular weight excluding hydrogens is 270 g/mol. The number of hydrogen-bond acceptors (Lipinski definition) is 3. The maximum atomic E-state index is 11.8. The van der Waals surface area contributed by atoms with Gasteiger partial charge in [-0.05, 0) is 38.1 Å². The molecule has 0 aromatic heterocycles. The highest BCUT2D eigenvalue weighted by atomic mass is 16.4. The molecule has 1 unspecified atom stereocenters. The lowest BCUT2D eigenvalue weighted by molar-refractivity contribution is -0.147. The van der Waals surface area contributed by atoms with E-state index in [1.165, 1.54) is 0 Å². The van der Waals surface area contributed by atoms with E-state index in [2.05, 4.69) is 16.0 Å². The molecule has 1 atom stereocenters. The molecule has 0 bridgehead atoms. The highest BCUT2D eigenvalue weighted by Crippen LogP contribution is 2.20. The number of amides is 2. The average Bonchev–Trinajstić information content (AvgIpc) is 2.45. The van der Waals surface area contributed by atoms with Gasteiger partial charge in [0.05, 0.1) is 5.41 Å². The van der Waals surface area contributed by atoms with Gasteiger partial charge in [-0.15, -0.1) is 0 Å². The van der Waals surface area contributed by atoms with Crippen molar-refractivity contribution in [2.75, 3.05) is 18.9 Å². The number of anilines is 1. The fourth-order valence-electron chi connectivity index (χ4n) is 1.77. The third-order valence-corrected chi connectivity index (χ3v) is 3.50. The molecule has 0 saturated heterocycles. The Hall–Kier alpha value is -2.08. The standard InChI is InChI=1S/C15H23N3O3/c1-4-15(2,13(19)20)10-17-14(21)18-12-7-5-6-11(8-12)9-16-3/h5-8,16H,4,9-10H2,1-3H3,(H,19,20)(H2,17,18,21). The number of carbonyl (C=O) groups excluding carboxylic acids is 1. The quantitative estimate of drug-likeness (QED) is 0.619. The van der Waals surface area contributed by atoms with E-state index in [0.29, 0.717) is 18.7 Å². The maximum Gasteiger partial charge on any atom is 0.319 e. The molecule has 1 aromatic rings. The van der Waals surface area contributed by atoms with Gasteiger partial charge >= 0.3 is 12.0 Å². The lowest BCUT2D eigenvalue weighted by Gasteiger charge is -2.23. The number of urea groups is 1. The summed E-state index contributed by atoms with van der Waals surface area (Å²) in [5.41, 5.74) is 0.777. The van der Waals surface area contributed by atoms with Crippen LogP contribution in [0.25, 0.3) is 0 Å². The lowest BCUT2D eigenvalue weighted by atomic mass is 9.88. The number of hydrogen-bond donors (Lipinski definition) is 4. The predicted octanol–water partition coefficient (Wildman–Crippen LogP) is 2.03. The summed E-state index contributed by atoms with van der Waals surface area (Å²) in [6.07, 6.45) is 0.445. The predicted molar refractivity (Wildman–Crippen MR) is 82.3 cm³/mol. The van der Waals surface area contributed by atoms with Crippen LogP contribution in [0.15, 0.2) is 24.3 Å². The summed E-state index contributed by atoms with van der Waals surface area (Å²) >= 11 is 0. The highest BCUT2D eigenvalue weighted by Gasteiger charge is 2.31. The molecule has 4 N–H and O–H groups in total. The Kier molecular flexibility index (Phi) is 6.17. The largest absolute Gasteiger partial charge is 0.481 e. The smallest absolute Gasteiger partial charge is 0.319 e. The van der Waals surface area contributed by atoms with Gasteiger partial charge in [-0.2, -0.15) is 0 Å². The second-order valence-electron chi connectivity index (χ2n) is 5.26. The summed E-state index contributed by atoms with van der Waals surface area (Å²) in [5.74, 6) is -0.915. The van der Waals surface area contributed by atoms with Crippen molar-refractivity contribution in [3.8, 4) is 0 Å². The number of aliphatic carboxylic acids is 1. The highest BCUT2D eigenvalue weighted by molar-refractivity contribution is 5.89. The molecule has 0 spiro atoms. The second-order valence-corrected chi connectivity index (χ2v) is 5.26. The van der Waals surface area contributed by atoms with Crippen molar-refractivity contribution in [2.24, 2.45) is 5.41 Å². The van der Waals surface area contributed by atoms with Gasteiger partial charge in [0, 0.05) is 18.8 Å². The Labute approximate surface area is 124 Å². The van der Waals surface area contributed by atoms with E-state index in [1.54, 1.807) is 19.9 Å². The van der Waals surface area contributed by atoms with Crippen LogP contribution in [-0.4, -0.2) is 30.7 Å². The Morgan fingerprint density at radius 1 is 1.33 bits per heavy atom. The summed E-state index contributed by atoms with van der Waals surface area (Å²) in [5, 5.41) is 17.5. The van der Waals surface area contributed by atoms with Crippen molar-refractivity contribution in [3.05, 3.63) is 29.8 Å². The fourth-order valence-corrected chi connectivity index (χ4v) is 1.77. The van der Waals surface area contributed by atoms with Crippen LogP contribution in [0.5, 0.6) is 0 Å². The van der Waals surface area contributed by atoms with Gasteiger partial charge in [0.1, 0.15) is 0 Å². The topological polar surface area (TPSA) is 90.5 Å². The van der Waals surface area contributed by atoms with E-state index in [4.69, 9.17) is 5.11 Å². The fraction of sp³-hybridized carbons (Fsp3) is 0.467. The van der Waals surface area contributed by atoms with E-state index >= 15 is 0 Å². The van der Waals surface area contributed by atoms with Crippen LogP contribution >= 0.6 is 0 Å². The van der Waals surface area contributed by atoms with Crippen LogP contribution in [0, 0.1) is 5.41 Å². The van der Waals surface area contributed by atoms with Crippen molar-refractivity contribution < 1.29 is 14.7 Å². The Balaban J connectivity index is 2.58. The molecule has 0 aliphatic heterocycles. The van der Waals surface area contributed by atoms with Crippen LogP contribution in [-0.2, 0) is 11.3 Å². The molecule has 2 amide bonds. The number of nitrogens with one attached hydrogen (secondary N) is 3. The third-order valence-electron chi connectivity index (χ3n) is 3.50. The molecule has 6 heteroatoms. The van der Waals surface area contributed by atoms with Crippen LogP contribution < -0.4 is 16.0 Å². The van der Waals surface area contributed by atoms with Gasteiger partial charge in [-0.25, -0.2) is 4.79 Å². The first-order valence-corrected chi connectivity index (χ1v) is 6.93. The number of carbonyl (C=O) groups is 2. The summed E-state index contributed by atoms with van der Waals surface area (Å²) in [7, 11) is 1.85. The summed E-state index contributed by atoms with van der Waals surface area (Å²) in [6.45, 7) is 4.20. The zero-order valence-electron chi connectivity index (χ0n) is 12.7. The lowest BCUT2D eigenvalue weighted by Crippen LogP contribution is -2.42. The van der Waals surface area contributed by atoms with E-state index in [9.17, 15) is 9.59 Å². The average molecular weight is 293 g/mol. The second kappa shape index (κ2) is 7.64. The van der Waals surface area contributed by atoms with Gasteiger partial charge in [0.15, 0.2) is 0 Å². The van der Waals surface area contributed by atoms with Gasteiger partial charge in [-0.1, -0.05) is 19.1 Å². The summed E-state index contributed by atoms with van der Waals surface area (Å²) in [4.78, 5) is 23.0. The molecule has 0 saturated carbocycles. The molecule has 6 nitrogen and oxygen atoms in total. The maximum absolute atomic E-state index is 11.8. The zero-order valence-corrected chi connectivity index (χ0v) is 12.7. The van der Waals surface area contributed by atoms with Gasteiger partial charge in [0.2, 0.25) is 0 Å². The molecule has 0 fully saturated rings. The molecule has 0 aliphatic carbocycles. The Morgan fingerprint density at radius 2 is 2.05 bits per heavy atom.